The van der Waals surface area contributed by atoms with Crippen LogP contribution in [0.3, 0.4) is 0 Å². The van der Waals surface area contributed by atoms with Crippen LogP contribution in [0.15, 0.2) is 42.5 Å². The van der Waals surface area contributed by atoms with Gasteiger partial charge < -0.3 is 0 Å². The third-order valence-corrected chi connectivity index (χ3v) is 9.20. The van der Waals surface area contributed by atoms with Gasteiger partial charge in [-0.05, 0) is 31.0 Å². The predicted molar refractivity (Wildman–Crippen MR) is 135 cm³/mol. The maximum Gasteiger partial charge on any atom is 0.275 e. The van der Waals surface area contributed by atoms with E-state index in [4.69, 9.17) is 11.6 Å². The van der Waals surface area contributed by atoms with E-state index in [1.54, 1.807) is 0 Å². The molecule has 0 aromatic heterocycles. The highest BCUT2D eigenvalue weighted by Crippen LogP contribution is 2.44. The first kappa shape index (κ1) is 26.2. The van der Waals surface area contributed by atoms with Gasteiger partial charge in [0.1, 0.15) is 0 Å². The molecule has 11 nitrogen and oxygen atoms in total. The zero-order chi connectivity index (χ0) is 26.3. The van der Waals surface area contributed by atoms with E-state index in [9.17, 15) is 34.6 Å². The van der Waals surface area contributed by atoms with Gasteiger partial charge in [0.05, 0.1) is 33.8 Å². The number of nitrogens with zero attached hydrogens (tertiary/aromatic N) is 4. The molecule has 1 saturated heterocycles. The highest BCUT2D eigenvalue weighted by molar-refractivity contribution is 9.12. The number of alkyl halides is 2. The summed E-state index contributed by atoms with van der Waals surface area (Å²) < 4.78 is 0. The van der Waals surface area contributed by atoms with Crippen molar-refractivity contribution in [3.63, 3.8) is 0 Å². The molecule has 0 radical (unpaired) electrons. The maximum atomic E-state index is 13.6. The summed E-state index contributed by atoms with van der Waals surface area (Å²) in [7, 11) is 0. The Hall–Kier alpha value is -2.90. The summed E-state index contributed by atoms with van der Waals surface area (Å²) in [5, 5.41) is 24.5. The largest absolute Gasteiger partial charge is 0.275 e. The van der Waals surface area contributed by atoms with Crippen LogP contribution in [0, 0.1) is 32.1 Å². The Labute approximate surface area is 225 Å². The molecular weight excluding hydrogens is 628 g/mol. The first-order valence-electron chi connectivity index (χ1n) is 10.6. The Morgan fingerprint density at radius 1 is 1.00 bits per heavy atom. The Morgan fingerprint density at radius 2 is 1.61 bits per heavy atom. The Kier molecular flexibility index (Phi) is 7.43. The number of carbonyl (C=O) groups is 3. The summed E-state index contributed by atoms with van der Waals surface area (Å²) in [6, 6.07) is 8.63. The van der Waals surface area contributed by atoms with E-state index in [0.717, 1.165) is 22.2 Å². The molecule has 0 bridgehead atoms. The Morgan fingerprint density at radius 3 is 2.17 bits per heavy atom. The minimum atomic E-state index is -0.894. The molecule has 3 amide bonds. The van der Waals surface area contributed by atoms with Gasteiger partial charge in [0, 0.05) is 38.4 Å². The molecule has 0 N–H and O–H groups in total. The summed E-state index contributed by atoms with van der Waals surface area (Å²) in [5.74, 6) is -3.48. The van der Waals surface area contributed by atoms with Gasteiger partial charge in [0.2, 0.25) is 0 Å². The van der Waals surface area contributed by atoms with Crippen molar-refractivity contribution in [3.8, 4) is 0 Å². The summed E-state index contributed by atoms with van der Waals surface area (Å²) in [4.78, 5) is 61.9. The van der Waals surface area contributed by atoms with Crippen LogP contribution in [-0.4, -0.2) is 47.2 Å². The van der Waals surface area contributed by atoms with E-state index in [1.165, 1.54) is 30.3 Å². The highest BCUT2D eigenvalue weighted by Gasteiger charge is 2.54. The Balaban J connectivity index is 1.79. The molecule has 1 saturated carbocycles. The van der Waals surface area contributed by atoms with Gasteiger partial charge in [-0.3, -0.25) is 34.6 Å². The van der Waals surface area contributed by atoms with Crippen LogP contribution < -0.4 is 0 Å². The van der Waals surface area contributed by atoms with E-state index >= 15 is 0 Å². The van der Waals surface area contributed by atoms with Crippen LogP contribution in [0.5, 0.6) is 0 Å². The number of amides is 3. The number of non-ortho nitro benzene ring substituents is 1. The lowest BCUT2D eigenvalue weighted by Gasteiger charge is -2.30. The fraction of sp³-hybridized carbons (Fsp3) is 0.318. The summed E-state index contributed by atoms with van der Waals surface area (Å²) in [6.45, 7) is -0.512. The lowest BCUT2D eigenvalue weighted by atomic mass is 9.81. The number of halogens is 3. The van der Waals surface area contributed by atoms with Crippen molar-refractivity contribution in [1.29, 1.82) is 0 Å². The SMILES string of the molecule is O=C(c1cccc([N+](=O)[O-])c1)N(Cc1ccc(Cl)cc1[N+](=O)[O-])N1C(=O)[C@@H]2C[C@H](Br)[C@@H](Br)C[C@H]2C1=O. The van der Waals surface area contributed by atoms with Gasteiger partial charge >= 0.3 is 0 Å². The van der Waals surface area contributed by atoms with Crippen molar-refractivity contribution in [2.45, 2.75) is 29.0 Å². The summed E-state index contributed by atoms with van der Waals surface area (Å²) in [6.07, 6.45) is 0.698. The second-order valence-corrected chi connectivity index (χ2v) is 11.2. The fourth-order valence-corrected chi connectivity index (χ4v) is 5.86. The van der Waals surface area contributed by atoms with Gasteiger partial charge in [-0.2, -0.15) is 5.01 Å². The topological polar surface area (TPSA) is 144 Å². The van der Waals surface area contributed by atoms with E-state index in [0.29, 0.717) is 12.8 Å². The minimum Gasteiger partial charge on any atom is -0.272 e. The summed E-state index contributed by atoms with van der Waals surface area (Å²) >= 11 is 12.9. The van der Waals surface area contributed by atoms with Gasteiger partial charge in [0.25, 0.3) is 29.1 Å². The highest BCUT2D eigenvalue weighted by atomic mass is 79.9. The van der Waals surface area contributed by atoms with Crippen LogP contribution in [0.2, 0.25) is 5.02 Å². The molecule has 1 aliphatic heterocycles. The molecule has 4 rings (SSSR count). The van der Waals surface area contributed by atoms with Crippen LogP contribution in [0.25, 0.3) is 0 Å². The van der Waals surface area contributed by atoms with Crippen LogP contribution in [0.1, 0.15) is 28.8 Å². The lowest BCUT2D eigenvalue weighted by molar-refractivity contribution is -0.385. The molecule has 14 heteroatoms. The van der Waals surface area contributed by atoms with Gasteiger partial charge in [-0.15, -0.1) is 0 Å². The van der Waals surface area contributed by atoms with Crippen molar-refractivity contribution >= 4 is 72.6 Å². The van der Waals surface area contributed by atoms with Crippen molar-refractivity contribution in [2.24, 2.45) is 11.8 Å². The third-order valence-electron chi connectivity index (χ3n) is 6.23. The molecule has 2 aromatic rings. The molecule has 36 heavy (non-hydrogen) atoms. The Bertz CT molecular complexity index is 1260. The van der Waals surface area contributed by atoms with Gasteiger partial charge in [-0.25, -0.2) is 5.01 Å². The third kappa shape index (κ3) is 4.87. The molecule has 1 aliphatic carbocycles. The van der Waals surface area contributed by atoms with E-state index in [1.807, 2.05) is 0 Å². The zero-order valence-corrected chi connectivity index (χ0v) is 22.2. The quantitative estimate of drug-likeness (QED) is 0.193. The first-order chi connectivity index (χ1) is 17.0. The number of rotatable bonds is 6. The number of nitro benzene ring substituents is 2. The van der Waals surface area contributed by atoms with Gasteiger partial charge in [0.15, 0.2) is 0 Å². The number of fused-ring (bicyclic) bond motifs is 1. The van der Waals surface area contributed by atoms with E-state index in [2.05, 4.69) is 31.9 Å². The normalized spacial score (nSPS) is 23.4. The van der Waals surface area contributed by atoms with E-state index < -0.39 is 51.6 Å². The number of benzene rings is 2. The number of carbonyl (C=O) groups excluding carboxylic acids is 3. The standard InChI is InChI=1S/C22H17Br2ClN4O7/c23-17-8-15-16(9-18(17)24)22(32)27(21(15)31)26(10-12-4-5-13(25)7-19(12)29(35)36)20(30)11-2-1-3-14(6-11)28(33)34/h1-7,15-18H,8-10H2/t15-,16-,17+,18+/m1/s1. The molecule has 0 spiro atoms. The smallest absolute Gasteiger partial charge is 0.272 e. The first-order valence-corrected chi connectivity index (χ1v) is 12.9. The number of imide groups is 1. The zero-order valence-electron chi connectivity index (χ0n) is 18.3. The second kappa shape index (κ2) is 10.2. The number of hydrazine groups is 1. The average molecular weight is 645 g/mol. The van der Waals surface area contributed by atoms with Crippen LogP contribution in [-0.2, 0) is 16.1 Å². The number of hydrogen-bond donors (Lipinski definition) is 0. The van der Waals surface area contributed by atoms with Crippen LogP contribution >= 0.6 is 43.5 Å². The van der Waals surface area contributed by atoms with Crippen molar-refractivity contribution in [1.82, 2.24) is 10.0 Å². The number of nitro groups is 2. The molecule has 0 unspecified atom stereocenters. The lowest BCUT2D eigenvalue weighted by Crippen LogP contribution is -2.49. The predicted octanol–water partition coefficient (Wildman–Crippen LogP) is 4.64. The average Bonchev–Trinajstić information content (AvgIpc) is 3.07. The van der Waals surface area contributed by atoms with Crippen LogP contribution in [0.4, 0.5) is 11.4 Å². The summed E-state index contributed by atoms with van der Waals surface area (Å²) in [5.41, 5.74) is -0.907. The molecular formula is C22H17Br2ClN4O7. The molecule has 2 aliphatic rings. The monoisotopic (exact) mass is 642 g/mol. The molecule has 2 fully saturated rings. The number of hydrogen-bond acceptors (Lipinski definition) is 7. The van der Waals surface area contributed by atoms with Crippen molar-refractivity contribution in [3.05, 3.63) is 78.8 Å². The van der Waals surface area contributed by atoms with Crippen molar-refractivity contribution < 1.29 is 24.2 Å². The van der Waals surface area contributed by atoms with Crippen molar-refractivity contribution in [2.75, 3.05) is 0 Å². The molecule has 188 valence electrons. The fourth-order valence-electron chi connectivity index (χ4n) is 4.45. The minimum absolute atomic E-state index is 0.0235. The van der Waals surface area contributed by atoms with Gasteiger partial charge in [-0.1, -0.05) is 49.5 Å². The second-order valence-electron chi connectivity index (χ2n) is 8.41. The maximum absolute atomic E-state index is 13.6. The van der Waals surface area contributed by atoms with E-state index in [-0.39, 0.29) is 31.5 Å². The molecule has 1 heterocycles. The molecule has 4 atom stereocenters. The molecule has 2 aromatic carbocycles.